The molecule has 1 N–H and O–H groups in total. The van der Waals surface area contributed by atoms with Crippen molar-refractivity contribution in [2.75, 3.05) is 0 Å². The van der Waals surface area contributed by atoms with E-state index in [0.29, 0.717) is 0 Å². The zero-order valence-corrected chi connectivity index (χ0v) is 52.6. The Morgan fingerprint density at radius 2 is 0.944 bits per heavy atom. The fourth-order valence-corrected chi connectivity index (χ4v) is 12.1. The molecule has 0 amide bonds. The molecule has 72 heavy (non-hydrogen) atoms. The van der Waals surface area contributed by atoms with Crippen LogP contribution in [0.4, 0.5) is 0 Å². The maximum atomic E-state index is 6.01. The van der Waals surface area contributed by atoms with E-state index >= 15 is 0 Å². The Balaban J connectivity index is 0.000000122. The Labute approximate surface area is 485 Å². The van der Waals surface area contributed by atoms with Gasteiger partial charge in [0.15, 0.2) is 0 Å². The molecule has 0 bridgehead atoms. The van der Waals surface area contributed by atoms with Crippen LogP contribution in [-0.2, 0) is 30.5 Å². The Morgan fingerprint density at radius 1 is 0.528 bits per heavy atom. The van der Waals surface area contributed by atoms with Crippen LogP contribution in [0.15, 0.2) is 115 Å². The maximum Gasteiger partial charge on any atom is 0.490 e. The number of allylic oxidation sites excluding steroid dienone is 6. The summed E-state index contributed by atoms with van der Waals surface area (Å²) in [5.74, 6) is 0. The van der Waals surface area contributed by atoms with Crippen molar-refractivity contribution in [3.63, 3.8) is 0 Å². The lowest BCUT2D eigenvalue weighted by Gasteiger charge is -2.32. The number of fused-ring (bicyclic) bond motifs is 4. The molecule has 17 heteroatoms. The summed E-state index contributed by atoms with van der Waals surface area (Å²) in [6, 6.07) is 8.49. The monoisotopic (exact) mass is 1450 g/mol. The summed E-state index contributed by atoms with van der Waals surface area (Å²) in [6.07, 6.45) is 37.9. The van der Waals surface area contributed by atoms with Crippen LogP contribution in [0, 0.1) is 7.14 Å². The summed E-state index contributed by atoms with van der Waals surface area (Å²) in [5.41, 5.74) is 10.7. The van der Waals surface area contributed by atoms with E-state index in [2.05, 4.69) is 246 Å². The molecule has 8 aromatic rings. The summed E-state index contributed by atoms with van der Waals surface area (Å²) in [4.78, 5) is 20.6. The van der Waals surface area contributed by atoms with Gasteiger partial charge in [0, 0.05) is 128 Å². The van der Waals surface area contributed by atoms with Crippen molar-refractivity contribution in [1.82, 2.24) is 38.6 Å². The van der Waals surface area contributed by atoms with Gasteiger partial charge in [-0.3, -0.25) is 0 Å². The van der Waals surface area contributed by atoms with Crippen molar-refractivity contribution in [2.45, 2.75) is 116 Å². The Bertz CT molecular complexity index is 3190. The number of nitrogens with zero attached hydrogens (tertiary/aromatic N) is 7. The molecule has 4 aliphatic rings. The molecule has 3 aliphatic carbocycles. The van der Waals surface area contributed by atoms with Crippen molar-refractivity contribution in [3.8, 4) is 0 Å². The van der Waals surface area contributed by atoms with Crippen LogP contribution in [0.25, 0.3) is 55.3 Å². The molecule has 0 atom stereocenters. The van der Waals surface area contributed by atoms with E-state index in [1.807, 2.05) is 36.4 Å². The van der Waals surface area contributed by atoms with Gasteiger partial charge in [0.05, 0.1) is 11.2 Å². The molecule has 0 aromatic carbocycles. The predicted octanol–water partition coefficient (Wildman–Crippen LogP) is 17.6. The van der Waals surface area contributed by atoms with E-state index in [1.165, 1.54) is 127 Å². The number of hydrogen-bond donors (Lipinski definition) is 1. The lowest BCUT2D eigenvalue weighted by Crippen LogP contribution is -2.41. The van der Waals surface area contributed by atoms with Gasteiger partial charge in [-0.2, -0.15) is 0 Å². The normalized spacial score (nSPS) is 17.2. The minimum atomic E-state index is -0.198. The zero-order chi connectivity index (χ0) is 51.3. The van der Waals surface area contributed by atoms with Crippen molar-refractivity contribution in [1.29, 1.82) is 0 Å². The van der Waals surface area contributed by atoms with E-state index in [9.17, 15) is 0 Å². The fourth-order valence-electron chi connectivity index (χ4n) is 9.36. The number of hydrogen-bond acceptors (Lipinski definition) is 6. The van der Waals surface area contributed by atoms with E-state index in [-0.39, 0.29) is 18.3 Å². The third-order valence-electron chi connectivity index (χ3n) is 13.9. The zero-order valence-electron chi connectivity index (χ0n) is 41.9. The third kappa shape index (κ3) is 13.3. The first kappa shape index (κ1) is 55.6. The van der Waals surface area contributed by atoms with Crippen LogP contribution in [0.5, 0.6) is 0 Å². The number of aromatic amines is 1. The number of H-pyrrole nitrogens is 1. The predicted molar refractivity (Wildman–Crippen MR) is 330 cm³/mol. The fraction of sp³-hybridized carbons (Fsp3) is 0.382. The van der Waals surface area contributed by atoms with Gasteiger partial charge in [0.2, 0.25) is 0 Å². The highest BCUT2D eigenvalue weighted by molar-refractivity contribution is 14.1. The van der Waals surface area contributed by atoms with Crippen molar-refractivity contribution in [3.05, 3.63) is 134 Å². The second-order valence-electron chi connectivity index (χ2n) is 19.7. The van der Waals surface area contributed by atoms with Crippen LogP contribution >= 0.6 is 109 Å². The summed E-state index contributed by atoms with van der Waals surface area (Å²) in [6.45, 7) is 8.43. The molecular weight excluding hydrogens is 1390 g/mol. The van der Waals surface area contributed by atoms with E-state index in [1.54, 1.807) is 6.20 Å². The second kappa shape index (κ2) is 24.6. The van der Waals surface area contributed by atoms with Gasteiger partial charge < -0.3 is 28.0 Å². The standard InChI is InChI=1S/2C14H15BrN2.C12H21BO2.C8H6BrIN2.C7H4BrIN2/c2*1-17-9-13(10-5-3-2-4-6-10)12-7-11(15)8-16-14(12)17;1-11(2)12(3,4)15-13(14-11)10-8-6-5-7-9-10;1-12-4-7(10)6-2-5(9)3-11-8(6)12;8-4-1-5-6(9)3-11-7(5)10-2-4/h2*5,7-9H,2-4,6H2,1H3;8H,5-7,9H2,1-4H3;2-4H,1H3;1-3H,(H,10,11). The molecule has 8 aromatic heterocycles. The molecule has 1 fully saturated rings. The maximum absolute atomic E-state index is 6.01. The molecule has 1 aliphatic heterocycles. The van der Waals surface area contributed by atoms with E-state index in [0.717, 1.165) is 46.9 Å². The summed E-state index contributed by atoms with van der Waals surface area (Å²) >= 11 is 18.4. The minimum absolute atomic E-state index is 0.102. The largest absolute Gasteiger partial charge is 0.490 e. The molecule has 0 radical (unpaired) electrons. The van der Waals surface area contributed by atoms with Gasteiger partial charge in [-0.25, -0.2) is 19.9 Å². The van der Waals surface area contributed by atoms with Crippen LogP contribution in [-0.4, -0.2) is 56.9 Å². The highest BCUT2D eigenvalue weighted by atomic mass is 127. The smallest absolute Gasteiger partial charge is 0.400 e. The minimum Gasteiger partial charge on any atom is -0.400 e. The second-order valence-corrected chi connectivity index (χ2v) is 25.7. The number of aryl methyl sites for hydroxylation is 3. The molecule has 12 rings (SSSR count). The summed E-state index contributed by atoms with van der Waals surface area (Å²) in [5, 5.41) is 4.89. The highest BCUT2D eigenvalue weighted by Crippen LogP contribution is 2.40. The number of aromatic nitrogens is 8. The molecule has 0 saturated carbocycles. The average Bonchev–Trinajstić information content (AvgIpc) is 4.14. The molecular formula is C55H61BBr4I2N8O2. The first-order valence-electron chi connectivity index (χ1n) is 24.6. The van der Waals surface area contributed by atoms with Gasteiger partial charge >= 0.3 is 7.12 Å². The Hall–Kier alpha value is -2.66. The lowest BCUT2D eigenvalue weighted by atomic mass is 9.73. The van der Waals surface area contributed by atoms with Crippen molar-refractivity contribution >= 4 is 171 Å². The molecule has 9 heterocycles. The van der Waals surface area contributed by atoms with Crippen LogP contribution in [0.2, 0.25) is 0 Å². The van der Waals surface area contributed by atoms with Crippen LogP contribution in [0.1, 0.15) is 116 Å². The average molecular weight is 1450 g/mol. The number of rotatable bonds is 3. The number of halogens is 6. The van der Waals surface area contributed by atoms with Gasteiger partial charge in [0.25, 0.3) is 0 Å². The first-order chi connectivity index (χ1) is 34.4. The Morgan fingerprint density at radius 3 is 1.40 bits per heavy atom. The summed E-state index contributed by atoms with van der Waals surface area (Å²) < 4.78 is 24.9. The Kier molecular flexibility index (Phi) is 19.0. The van der Waals surface area contributed by atoms with Gasteiger partial charge in [-0.05, 0) is 255 Å². The molecule has 378 valence electrons. The van der Waals surface area contributed by atoms with Crippen molar-refractivity contribution in [2.24, 2.45) is 21.1 Å². The quantitative estimate of drug-likeness (QED) is 0.140. The van der Waals surface area contributed by atoms with Gasteiger partial charge in [0.1, 0.15) is 22.6 Å². The first-order valence-corrected chi connectivity index (χ1v) is 29.9. The third-order valence-corrected chi connectivity index (χ3v) is 17.4. The lowest BCUT2D eigenvalue weighted by molar-refractivity contribution is 0.00578. The highest BCUT2D eigenvalue weighted by Gasteiger charge is 2.52. The van der Waals surface area contributed by atoms with E-state index < -0.39 is 0 Å². The van der Waals surface area contributed by atoms with Crippen LogP contribution < -0.4 is 0 Å². The number of nitrogens with one attached hydrogen (secondary N) is 1. The molecule has 10 nitrogen and oxygen atoms in total. The van der Waals surface area contributed by atoms with Crippen LogP contribution in [0.3, 0.4) is 0 Å². The number of pyridine rings is 4. The van der Waals surface area contributed by atoms with Gasteiger partial charge in [-0.15, -0.1) is 0 Å². The molecule has 0 unspecified atom stereocenters. The molecule has 0 spiro atoms. The SMILES string of the molecule is Brc1cnc2[nH]cc(I)c2c1.CC1(C)OB(C2=CCCCC2)OC1(C)C.Cn1cc(C2=CCCCC2)c2cc(Br)cnc21.Cn1cc(C2=CCCCC2)c2cc(Br)cnc21.Cn1cc(I)c2cc(Br)cnc21. The molecule has 1 saturated heterocycles. The summed E-state index contributed by atoms with van der Waals surface area (Å²) in [7, 11) is 6.03. The van der Waals surface area contributed by atoms with Gasteiger partial charge in [-0.1, -0.05) is 18.2 Å². The van der Waals surface area contributed by atoms with Crippen molar-refractivity contribution < 1.29 is 9.31 Å². The topological polar surface area (TPSA) is 101 Å². The van der Waals surface area contributed by atoms with E-state index in [4.69, 9.17) is 9.31 Å².